The van der Waals surface area contributed by atoms with Crippen molar-refractivity contribution in [3.8, 4) is 0 Å². The van der Waals surface area contributed by atoms with Gasteiger partial charge < -0.3 is 5.32 Å². The van der Waals surface area contributed by atoms with Gasteiger partial charge in [-0.25, -0.2) is 13.4 Å². The van der Waals surface area contributed by atoms with Crippen LogP contribution in [-0.2, 0) is 9.84 Å². The molecule has 0 aliphatic carbocycles. The van der Waals surface area contributed by atoms with Crippen molar-refractivity contribution in [1.29, 1.82) is 0 Å². The van der Waals surface area contributed by atoms with Gasteiger partial charge in [-0.05, 0) is 31.9 Å². The average Bonchev–Trinajstić information content (AvgIpc) is 2.25. The number of aryl methyl sites for hydroxylation is 1. The molecule has 1 aromatic heterocycles. The summed E-state index contributed by atoms with van der Waals surface area (Å²) in [6, 6.07) is 3.82. The van der Waals surface area contributed by atoms with E-state index in [1.807, 2.05) is 13.0 Å². The zero-order chi connectivity index (χ0) is 12.5. The van der Waals surface area contributed by atoms with Gasteiger partial charge in [0.05, 0.1) is 22.9 Å². The summed E-state index contributed by atoms with van der Waals surface area (Å²) < 4.78 is 22.6. The average molecular weight is 275 g/mol. The molecule has 0 amide bonds. The zero-order valence-electron chi connectivity index (χ0n) is 9.61. The van der Waals surface area contributed by atoms with Crippen LogP contribution >= 0.6 is 11.6 Å². The van der Waals surface area contributed by atoms with E-state index in [0.717, 1.165) is 11.4 Å². The van der Waals surface area contributed by atoms with Crippen LogP contribution in [0.25, 0.3) is 0 Å². The standard InChI is InChI=1S/C11H15ClN2O2S/c1-8-10(2-3-11(12)13-8)14-9-4-6-17(15,16)7-5-9/h2-3,9,14H,4-7H2,1H3. The highest BCUT2D eigenvalue weighted by Crippen LogP contribution is 2.21. The van der Waals surface area contributed by atoms with Crippen LogP contribution < -0.4 is 5.32 Å². The van der Waals surface area contributed by atoms with E-state index in [1.54, 1.807) is 6.07 Å². The molecule has 2 rings (SSSR count). The summed E-state index contributed by atoms with van der Waals surface area (Å²) >= 11 is 5.78. The Morgan fingerprint density at radius 2 is 2.00 bits per heavy atom. The Kier molecular flexibility index (Phi) is 3.58. The van der Waals surface area contributed by atoms with Gasteiger partial charge in [-0.2, -0.15) is 0 Å². The number of aromatic nitrogens is 1. The van der Waals surface area contributed by atoms with Crippen molar-refractivity contribution in [2.75, 3.05) is 16.8 Å². The number of rotatable bonds is 2. The van der Waals surface area contributed by atoms with Gasteiger partial charge in [-0.15, -0.1) is 0 Å². The fraction of sp³-hybridized carbons (Fsp3) is 0.545. The number of anilines is 1. The second-order valence-corrected chi connectivity index (χ2v) is 7.03. The third-order valence-corrected chi connectivity index (χ3v) is 4.89. The molecule has 0 saturated carbocycles. The van der Waals surface area contributed by atoms with Crippen molar-refractivity contribution < 1.29 is 8.42 Å². The summed E-state index contributed by atoms with van der Waals surface area (Å²) in [7, 11) is -2.80. The highest BCUT2D eigenvalue weighted by Gasteiger charge is 2.23. The molecule has 1 N–H and O–H groups in total. The molecule has 1 fully saturated rings. The second kappa shape index (κ2) is 4.82. The maximum absolute atomic E-state index is 11.3. The lowest BCUT2D eigenvalue weighted by Gasteiger charge is -2.24. The molecule has 0 unspecified atom stereocenters. The van der Waals surface area contributed by atoms with E-state index in [2.05, 4.69) is 10.3 Å². The SMILES string of the molecule is Cc1nc(Cl)ccc1NC1CCS(=O)(=O)CC1. The molecule has 6 heteroatoms. The summed E-state index contributed by atoms with van der Waals surface area (Å²) in [6.07, 6.45) is 1.31. The third kappa shape index (κ3) is 3.33. The van der Waals surface area contributed by atoms with Gasteiger partial charge in [-0.1, -0.05) is 11.6 Å². The minimum absolute atomic E-state index is 0.209. The maximum Gasteiger partial charge on any atom is 0.150 e. The Labute approximate surface area is 106 Å². The molecule has 17 heavy (non-hydrogen) atoms. The lowest BCUT2D eigenvalue weighted by molar-refractivity contribution is 0.559. The number of sulfone groups is 1. The fourth-order valence-corrected chi connectivity index (χ4v) is 3.62. The number of halogens is 1. The summed E-state index contributed by atoms with van der Waals surface area (Å²) in [5.74, 6) is 0.537. The molecular formula is C11H15ClN2O2S. The molecule has 94 valence electrons. The van der Waals surface area contributed by atoms with E-state index in [9.17, 15) is 8.42 Å². The summed E-state index contributed by atoms with van der Waals surface area (Å²) in [4.78, 5) is 4.15. The predicted molar refractivity (Wildman–Crippen MR) is 69.3 cm³/mol. The lowest BCUT2D eigenvalue weighted by atomic mass is 10.1. The van der Waals surface area contributed by atoms with Crippen LogP contribution in [0.2, 0.25) is 5.15 Å². The maximum atomic E-state index is 11.3. The quantitative estimate of drug-likeness (QED) is 0.839. The van der Waals surface area contributed by atoms with Crippen LogP contribution in [0.4, 0.5) is 5.69 Å². The van der Waals surface area contributed by atoms with Gasteiger partial charge in [0, 0.05) is 6.04 Å². The molecule has 0 aromatic carbocycles. The first-order chi connectivity index (χ1) is 7.96. The van der Waals surface area contributed by atoms with E-state index in [-0.39, 0.29) is 17.5 Å². The molecular weight excluding hydrogens is 260 g/mol. The fourth-order valence-electron chi connectivity index (χ4n) is 1.94. The Bertz CT molecular complexity index is 502. The van der Waals surface area contributed by atoms with Crippen LogP contribution in [0.15, 0.2) is 12.1 Å². The molecule has 0 atom stereocenters. The normalized spacial score (nSPS) is 20.1. The molecule has 1 aromatic rings. The summed E-state index contributed by atoms with van der Waals surface area (Å²) in [6.45, 7) is 1.88. The van der Waals surface area contributed by atoms with Crippen molar-refractivity contribution in [3.63, 3.8) is 0 Å². The largest absolute Gasteiger partial charge is 0.381 e. The molecule has 4 nitrogen and oxygen atoms in total. The minimum Gasteiger partial charge on any atom is -0.381 e. The van der Waals surface area contributed by atoms with Gasteiger partial charge >= 0.3 is 0 Å². The molecule has 1 aliphatic heterocycles. The highest BCUT2D eigenvalue weighted by atomic mass is 35.5. The molecule has 0 bridgehead atoms. The van der Waals surface area contributed by atoms with Crippen molar-refractivity contribution in [3.05, 3.63) is 23.0 Å². The summed E-state index contributed by atoms with van der Waals surface area (Å²) in [5.41, 5.74) is 1.77. The van der Waals surface area contributed by atoms with Crippen molar-refractivity contribution in [2.24, 2.45) is 0 Å². The van der Waals surface area contributed by atoms with E-state index < -0.39 is 9.84 Å². The smallest absolute Gasteiger partial charge is 0.150 e. The Hall–Kier alpha value is -0.810. The van der Waals surface area contributed by atoms with Crippen molar-refractivity contribution in [1.82, 2.24) is 4.98 Å². The first-order valence-corrected chi connectivity index (χ1v) is 7.76. The third-order valence-electron chi connectivity index (χ3n) is 2.97. The number of pyridine rings is 1. The highest BCUT2D eigenvalue weighted by molar-refractivity contribution is 7.91. The predicted octanol–water partition coefficient (Wildman–Crippen LogP) is 2.03. The minimum atomic E-state index is -2.80. The molecule has 1 saturated heterocycles. The second-order valence-electron chi connectivity index (χ2n) is 4.34. The van der Waals surface area contributed by atoms with Crippen LogP contribution in [-0.4, -0.2) is 30.9 Å². The van der Waals surface area contributed by atoms with E-state index in [4.69, 9.17) is 11.6 Å². The Morgan fingerprint density at radius 1 is 1.35 bits per heavy atom. The molecule has 0 spiro atoms. The zero-order valence-corrected chi connectivity index (χ0v) is 11.2. The lowest BCUT2D eigenvalue weighted by Crippen LogP contribution is -2.32. The van der Waals surface area contributed by atoms with Gasteiger partial charge in [0.2, 0.25) is 0 Å². The first kappa shape index (κ1) is 12.6. The monoisotopic (exact) mass is 274 g/mol. The first-order valence-electron chi connectivity index (χ1n) is 5.56. The van der Waals surface area contributed by atoms with Crippen LogP contribution in [0.1, 0.15) is 18.5 Å². The Morgan fingerprint density at radius 3 is 2.59 bits per heavy atom. The van der Waals surface area contributed by atoms with Gasteiger partial charge in [0.1, 0.15) is 15.0 Å². The molecule has 0 radical (unpaired) electrons. The number of nitrogens with zero attached hydrogens (tertiary/aromatic N) is 1. The van der Waals surface area contributed by atoms with Gasteiger partial charge in [0.25, 0.3) is 0 Å². The van der Waals surface area contributed by atoms with Crippen molar-refractivity contribution >= 4 is 27.1 Å². The van der Waals surface area contributed by atoms with Crippen LogP contribution in [0.3, 0.4) is 0 Å². The van der Waals surface area contributed by atoms with E-state index >= 15 is 0 Å². The van der Waals surface area contributed by atoms with E-state index in [0.29, 0.717) is 18.0 Å². The topological polar surface area (TPSA) is 59.1 Å². The van der Waals surface area contributed by atoms with Gasteiger partial charge in [-0.3, -0.25) is 0 Å². The molecule has 2 heterocycles. The number of nitrogens with one attached hydrogen (secondary N) is 1. The number of hydrogen-bond acceptors (Lipinski definition) is 4. The summed E-state index contributed by atoms with van der Waals surface area (Å²) in [5, 5.41) is 3.80. The number of hydrogen-bond donors (Lipinski definition) is 1. The van der Waals surface area contributed by atoms with Crippen LogP contribution in [0, 0.1) is 6.92 Å². The van der Waals surface area contributed by atoms with E-state index in [1.165, 1.54) is 0 Å². The van der Waals surface area contributed by atoms with Crippen molar-refractivity contribution in [2.45, 2.75) is 25.8 Å². The van der Waals surface area contributed by atoms with Crippen LogP contribution in [0.5, 0.6) is 0 Å². The van der Waals surface area contributed by atoms with Gasteiger partial charge in [0.15, 0.2) is 0 Å². The molecule has 1 aliphatic rings. The Balaban J connectivity index is 2.02.